The van der Waals surface area contributed by atoms with Gasteiger partial charge in [0.2, 0.25) is 5.91 Å². The van der Waals surface area contributed by atoms with E-state index in [9.17, 15) is 9.59 Å². The first-order valence-electron chi connectivity index (χ1n) is 6.25. The maximum Gasteiger partial charge on any atom is 0.216 e. The molecule has 0 saturated carbocycles. The Morgan fingerprint density at radius 2 is 2.00 bits per heavy atom. The highest BCUT2D eigenvalue weighted by molar-refractivity contribution is 6.31. The van der Waals surface area contributed by atoms with Crippen molar-refractivity contribution < 1.29 is 9.59 Å². The van der Waals surface area contributed by atoms with Gasteiger partial charge in [0, 0.05) is 24.1 Å². The summed E-state index contributed by atoms with van der Waals surface area (Å²) in [5.74, 6) is 0.00649. The lowest BCUT2D eigenvalue weighted by Crippen LogP contribution is -2.28. The molecule has 19 heavy (non-hydrogen) atoms. The number of halogens is 1. The molecule has 0 heterocycles. The maximum atomic E-state index is 11.9. The van der Waals surface area contributed by atoms with E-state index in [1.165, 1.54) is 6.92 Å². The molecule has 0 atom stereocenters. The number of nitrogens with one attached hydrogen (secondary N) is 2. The summed E-state index contributed by atoms with van der Waals surface area (Å²) in [4.78, 5) is 22.5. The number of rotatable bonds is 7. The first kappa shape index (κ1) is 15.7. The Balaban J connectivity index is 2.27. The van der Waals surface area contributed by atoms with E-state index in [1.807, 2.05) is 6.92 Å². The fraction of sp³-hybridized carbons (Fsp3) is 0.429. The van der Waals surface area contributed by atoms with Crippen molar-refractivity contribution in [3.8, 4) is 0 Å². The number of carbonyl (C=O) groups excluding carboxylic acids is 2. The third kappa shape index (κ3) is 5.85. The molecular weight excluding hydrogens is 264 g/mol. The molecule has 0 unspecified atom stereocenters. The van der Waals surface area contributed by atoms with Gasteiger partial charge in [-0.25, -0.2) is 0 Å². The Bertz CT molecular complexity index is 461. The largest absolute Gasteiger partial charge is 0.356 e. The number of amides is 1. The van der Waals surface area contributed by atoms with Crippen LogP contribution in [0.15, 0.2) is 18.2 Å². The van der Waals surface area contributed by atoms with E-state index in [0.29, 0.717) is 30.2 Å². The molecule has 104 valence electrons. The van der Waals surface area contributed by atoms with Crippen LogP contribution in [0.5, 0.6) is 0 Å². The predicted octanol–water partition coefficient (Wildman–Crippen LogP) is 1.95. The second-order valence-corrected chi connectivity index (χ2v) is 4.81. The monoisotopic (exact) mass is 282 g/mol. The molecule has 2 N–H and O–H groups in total. The predicted molar refractivity (Wildman–Crippen MR) is 76.7 cm³/mol. The SMILES string of the molecule is CC(=O)NCCCNCC(=O)c1ccc(Cl)c(C)c1. The van der Waals surface area contributed by atoms with Crippen molar-refractivity contribution in [2.45, 2.75) is 20.3 Å². The van der Waals surface area contributed by atoms with Gasteiger partial charge >= 0.3 is 0 Å². The van der Waals surface area contributed by atoms with Gasteiger partial charge in [-0.2, -0.15) is 0 Å². The number of ketones is 1. The molecular formula is C14H19ClN2O2. The van der Waals surface area contributed by atoms with Crippen LogP contribution in [-0.2, 0) is 4.79 Å². The minimum atomic E-state index is -0.0345. The summed E-state index contributed by atoms with van der Waals surface area (Å²) >= 11 is 5.91. The normalized spacial score (nSPS) is 10.3. The summed E-state index contributed by atoms with van der Waals surface area (Å²) in [5, 5.41) is 6.42. The van der Waals surface area contributed by atoms with Gasteiger partial charge in [-0.3, -0.25) is 9.59 Å². The van der Waals surface area contributed by atoms with E-state index in [0.717, 1.165) is 12.0 Å². The number of benzene rings is 1. The fourth-order valence-electron chi connectivity index (χ4n) is 1.60. The maximum absolute atomic E-state index is 11.9. The van der Waals surface area contributed by atoms with Crippen molar-refractivity contribution >= 4 is 23.3 Å². The lowest BCUT2D eigenvalue weighted by molar-refractivity contribution is -0.118. The number of Topliss-reactive ketones (excluding diaryl/α,β-unsaturated/α-hetero) is 1. The molecule has 0 saturated heterocycles. The summed E-state index contributed by atoms with van der Waals surface area (Å²) in [6, 6.07) is 5.27. The van der Waals surface area contributed by atoms with Gasteiger partial charge in [-0.1, -0.05) is 11.6 Å². The second kappa shape index (κ2) is 7.92. The zero-order valence-electron chi connectivity index (χ0n) is 11.3. The van der Waals surface area contributed by atoms with Gasteiger partial charge in [-0.05, 0) is 43.7 Å². The van der Waals surface area contributed by atoms with Crippen molar-refractivity contribution in [2.75, 3.05) is 19.6 Å². The van der Waals surface area contributed by atoms with Gasteiger partial charge in [0.25, 0.3) is 0 Å². The van der Waals surface area contributed by atoms with E-state index in [-0.39, 0.29) is 11.7 Å². The molecule has 0 fully saturated rings. The topological polar surface area (TPSA) is 58.2 Å². The molecule has 1 aromatic carbocycles. The molecule has 0 aliphatic carbocycles. The van der Waals surface area contributed by atoms with Crippen molar-refractivity contribution in [2.24, 2.45) is 0 Å². The van der Waals surface area contributed by atoms with E-state index in [2.05, 4.69) is 10.6 Å². The van der Waals surface area contributed by atoms with Crippen LogP contribution in [0, 0.1) is 6.92 Å². The minimum Gasteiger partial charge on any atom is -0.356 e. The van der Waals surface area contributed by atoms with Crippen molar-refractivity contribution in [3.05, 3.63) is 34.3 Å². The van der Waals surface area contributed by atoms with E-state index >= 15 is 0 Å². The first-order valence-corrected chi connectivity index (χ1v) is 6.63. The standard InChI is InChI=1S/C14H19ClN2O2/c1-10-8-12(4-5-13(10)15)14(19)9-16-6-3-7-17-11(2)18/h4-5,8,16H,3,6-7,9H2,1-2H3,(H,17,18). The fourth-order valence-corrected chi connectivity index (χ4v) is 1.72. The smallest absolute Gasteiger partial charge is 0.216 e. The summed E-state index contributed by atoms with van der Waals surface area (Å²) in [6.45, 7) is 4.97. The van der Waals surface area contributed by atoms with E-state index in [4.69, 9.17) is 11.6 Å². The zero-order valence-corrected chi connectivity index (χ0v) is 12.0. The van der Waals surface area contributed by atoms with Crippen LogP contribution in [0.25, 0.3) is 0 Å². The van der Waals surface area contributed by atoms with Crippen LogP contribution >= 0.6 is 11.6 Å². The van der Waals surface area contributed by atoms with Crippen LogP contribution in [0.3, 0.4) is 0 Å². The number of carbonyl (C=O) groups is 2. The molecule has 0 aliphatic rings. The van der Waals surface area contributed by atoms with Crippen LogP contribution in [0.1, 0.15) is 29.3 Å². The minimum absolute atomic E-state index is 0.0345. The highest BCUT2D eigenvalue weighted by Gasteiger charge is 2.06. The quantitative estimate of drug-likeness (QED) is 0.594. The molecule has 1 amide bonds. The molecule has 0 aromatic heterocycles. The van der Waals surface area contributed by atoms with Crippen molar-refractivity contribution in [1.82, 2.24) is 10.6 Å². The molecule has 5 heteroatoms. The van der Waals surface area contributed by atoms with Crippen molar-refractivity contribution in [3.63, 3.8) is 0 Å². The Labute approximate surface area is 118 Å². The molecule has 0 spiro atoms. The molecule has 4 nitrogen and oxygen atoms in total. The number of hydrogen-bond acceptors (Lipinski definition) is 3. The highest BCUT2D eigenvalue weighted by atomic mass is 35.5. The summed E-state index contributed by atoms with van der Waals surface area (Å²) in [5.41, 5.74) is 1.56. The Hall–Kier alpha value is -1.39. The van der Waals surface area contributed by atoms with E-state index in [1.54, 1.807) is 18.2 Å². The van der Waals surface area contributed by atoms with Crippen LogP contribution in [0.4, 0.5) is 0 Å². The number of aryl methyl sites for hydroxylation is 1. The molecule has 0 bridgehead atoms. The van der Waals surface area contributed by atoms with Crippen LogP contribution < -0.4 is 10.6 Å². The van der Waals surface area contributed by atoms with Gasteiger partial charge < -0.3 is 10.6 Å². The average molecular weight is 283 g/mol. The Kier molecular flexibility index (Phi) is 6.53. The lowest BCUT2D eigenvalue weighted by Gasteiger charge is -2.06. The molecule has 1 aromatic rings. The summed E-state index contributed by atoms with van der Waals surface area (Å²) in [7, 11) is 0. The third-order valence-electron chi connectivity index (χ3n) is 2.67. The van der Waals surface area contributed by atoms with Gasteiger partial charge in [-0.15, -0.1) is 0 Å². The first-order chi connectivity index (χ1) is 9.00. The molecule has 0 radical (unpaired) electrons. The van der Waals surface area contributed by atoms with E-state index < -0.39 is 0 Å². The van der Waals surface area contributed by atoms with Crippen molar-refractivity contribution in [1.29, 1.82) is 0 Å². The van der Waals surface area contributed by atoms with Crippen LogP contribution in [-0.4, -0.2) is 31.3 Å². The van der Waals surface area contributed by atoms with Gasteiger partial charge in [0.05, 0.1) is 6.54 Å². The Morgan fingerprint density at radius 3 is 2.63 bits per heavy atom. The zero-order chi connectivity index (χ0) is 14.3. The van der Waals surface area contributed by atoms with Gasteiger partial charge in [0.1, 0.15) is 0 Å². The van der Waals surface area contributed by atoms with Gasteiger partial charge in [0.15, 0.2) is 5.78 Å². The summed E-state index contributed by atoms with van der Waals surface area (Å²) in [6.07, 6.45) is 0.798. The Morgan fingerprint density at radius 1 is 1.26 bits per heavy atom. The average Bonchev–Trinajstić information content (AvgIpc) is 2.36. The lowest BCUT2D eigenvalue weighted by atomic mass is 10.1. The second-order valence-electron chi connectivity index (χ2n) is 4.40. The molecule has 1 rings (SSSR count). The summed E-state index contributed by atoms with van der Waals surface area (Å²) < 4.78 is 0. The van der Waals surface area contributed by atoms with Crippen LogP contribution in [0.2, 0.25) is 5.02 Å². The number of hydrogen-bond donors (Lipinski definition) is 2. The third-order valence-corrected chi connectivity index (χ3v) is 3.09. The highest BCUT2D eigenvalue weighted by Crippen LogP contribution is 2.16. The molecule has 0 aliphatic heterocycles.